The third-order valence-corrected chi connectivity index (χ3v) is 14.2. The predicted octanol–water partition coefficient (Wildman–Crippen LogP) is 9.19. The first-order chi connectivity index (χ1) is 23.7. The van der Waals surface area contributed by atoms with Gasteiger partial charge in [-0.1, -0.05) is 41.4 Å². The standard InChI is InChI=1S/C42H50Cl2N2O3/c43-37-6-4-26(15-35(37)39(48)45-24-41-17-29-9-30(18-41)11-31(10-29)19-41)2-1-3-28(23-47)8-27-5-7-38(44)36(16-27)40(49)46-25-42-20-32-12-33(21-42)14-34(13-32)22-42/h3-7,15-16,23,29-34H,1-2,8-14,17-22,24-25H2,(H,45,48)(H,46,49). The molecule has 10 rings (SSSR count). The average Bonchev–Trinajstić information content (AvgIpc) is 3.06. The highest BCUT2D eigenvalue weighted by molar-refractivity contribution is 6.34. The lowest BCUT2D eigenvalue weighted by atomic mass is 9.49. The third-order valence-electron chi connectivity index (χ3n) is 13.5. The molecule has 0 aliphatic heterocycles. The number of rotatable bonds is 12. The molecule has 8 fully saturated rings. The Labute approximate surface area is 301 Å². The molecule has 8 aliphatic rings. The zero-order valence-corrected chi connectivity index (χ0v) is 30.1. The van der Waals surface area contributed by atoms with Gasteiger partial charge in [0.05, 0.1) is 21.2 Å². The van der Waals surface area contributed by atoms with Gasteiger partial charge < -0.3 is 10.6 Å². The van der Waals surface area contributed by atoms with E-state index in [1.54, 1.807) is 6.07 Å². The smallest absolute Gasteiger partial charge is 0.252 e. The van der Waals surface area contributed by atoms with E-state index >= 15 is 0 Å². The molecule has 2 amide bonds. The molecule has 0 unspecified atom stereocenters. The number of benzene rings is 2. The highest BCUT2D eigenvalue weighted by Crippen LogP contribution is 2.60. The van der Waals surface area contributed by atoms with Gasteiger partial charge >= 0.3 is 0 Å². The second-order valence-electron chi connectivity index (χ2n) is 17.4. The van der Waals surface area contributed by atoms with Crippen molar-refractivity contribution in [2.24, 2.45) is 46.3 Å². The lowest BCUT2D eigenvalue weighted by Gasteiger charge is -2.56. The van der Waals surface area contributed by atoms with E-state index in [4.69, 9.17) is 23.2 Å². The van der Waals surface area contributed by atoms with E-state index in [2.05, 4.69) is 10.6 Å². The predicted molar refractivity (Wildman–Crippen MR) is 195 cm³/mol. The van der Waals surface area contributed by atoms with Crippen LogP contribution in [0.5, 0.6) is 0 Å². The normalized spacial score (nSPS) is 33.9. The highest BCUT2D eigenvalue weighted by atomic mass is 35.5. The van der Waals surface area contributed by atoms with Crippen LogP contribution in [0.15, 0.2) is 48.0 Å². The molecule has 49 heavy (non-hydrogen) atoms. The number of carbonyl (C=O) groups is 3. The fraction of sp³-hybridized carbons (Fsp3) is 0.595. The molecular formula is C42H50Cl2N2O3. The topological polar surface area (TPSA) is 75.3 Å². The number of hydrogen-bond donors (Lipinski definition) is 2. The maximum Gasteiger partial charge on any atom is 0.252 e. The van der Waals surface area contributed by atoms with Crippen LogP contribution >= 0.6 is 23.2 Å². The van der Waals surface area contributed by atoms with Crippen LogP contribution < -0.4 is 10.6 Å². The van der Waals surface area contributed by atoms with Gasteiger partial charge in [-0.3, -0.25) is 14.4 Å². The van der Waals surface area contributed by atoms with Crippen LogP contribution in [0.3, 0.4) is 0 Å². The number of halogens is 2. The van der Waals surface area contributed by atoms with Crippen LogP contribution in [-0.4, -0.2) is 31.2 Å². The Morgan fingerprint density at radius 2 is 1.06 bits per heavy atom. The van der Waals surface area contributed by atoms with Crippen LogP contribution in [0.4, 0.5) is 0 Å². The molecule has 0 saturated heterocycles. The number of allylic oxidation sites excluding steroid dienone is 2. The van der Waals surface area contributed by atoms with E-state index in [1.807, 2.05) is 36.4 Å². The summed E-state index contributed by atoms with van der Waals surface area (Å²) in [6, 6.07) is 11.2. The second kappa shape index (κ2) is 13.5. The van der Waals surface area contributed by atoms with E-state index in [0.717, 1.165) is 66.0 Å². The zero-order chi connectivity index (χ0) is 33.8. The number of hydrogen-bond acceptors (Lipinski definition) is 3. The van der Waals surface area contributed by atoms with Crippen molar-refractivity contribution in [1.29, 1.82) is 0 Å². The molecule has 260 valence electrons. The summed E-state index contributed by atoms with van der Waals surface area (Å²) in [4.78, 5) is 38.8. The summed E-state index contributed by atoms with van der Waals surface area (Å²) in [5, 5.41) is 7.42. The number of aldehydes is 1. The van der Waals surface area contributed by atoms with Gasteiger partial charge in [0.1, 0.15) is 6.29 Å². The first-order valence-electron chi connectivity index (χ1n) is 18.9. The molecule has 0 aromatic heterocycles. The second-order valence-corrected chi connectivity index (χ2v) is 18.3. The summed E-state index contributed by atoms with van der Waals surface area (Å²) in [5.74, 6) is 4.85. The van der Waals surface area contributed by atoms with Crippen LogP contribution in [0.2, 0.25) is 10.0 Å². The van der Waals surface area contributed by atoms with Crippen molar-refractivity contribution in [2.45, 2.75) is 96.3 Å². The van der Waals surface area contributed by atoms with Crippen molar-refractivity contribution in [2.75, 3.05) is 13.1 Å². The van der Waals surface area contributed by atoms with Gasteiger partial charge in [0.15, 0.2) is 0 Å². The molecule has 0 atom stereocenters. The minimum absolute atomic E-state index is 0.0905. The number of nitrogens with one attached hydrogen (secondary N) is 2. The lowest BCUT2D eigenvalue weighted by Crippen LogP contribution is -2.51. The summed E-state index contributed by atoms with van der Waals surface area (Å²) in [6.07, 6.45) is 20.4. The van der Waals surface area contributed by atoms with Crippen molar-refractivity contribution < 1.29 is 14.4 Å². The van der Waals surface area contributed by atoms with Crippen molar-refractivity contribution in [3.8, 4) is 0 Å². The molecule has 2 aromatic carbocycles. The SMILES string of the molecule is O=CC(=CCCc1ccc(Cl)c(C(=O)NCC23CC4CC(CC(C4)C2)C3)c1)Cc1ccc(Cl)c(C(=O)NCC23CC4CC(CC(C4)C2)C3)c1. The first kappa shape index (κ1) is 33.5. The van der Waals surface area contributed by atoms with Gasteiger partial charge in [-0.2, -0.15) is 0 Å². The molecule has 2 aromatic rings. The third kappa shape index (κ3) is 7.13. The fourth-order valence-corrected chi connectivity index (χ4v) is 12.7. The molecule has 8 bridgehead atoms. The number of aryl methyl sites for hydroxylation is 1. The summed E-state index contributed by atoms with van der Waals surface area (Å²) in [5.41, 5.74) is 4.08. The van der Waals surface area contributed by atoms with E-state index in [0.29, 0.717) is 46.0 Å². The van der Waals surface area contributed by atoms with Crippen LogP contribution in [0.1, 0.15) is 115 Å². The van der Waals surface area contributed by atoms with Gasteiger partial charge in [0, 0.05) is 19.5 Å². The Morgan fingerprint density at radius 3 is 1.49 bits per heavy atom. The van der Waals surface area contributed by atoms with Gasteiger partial charge in [-0.05, 0) is 177 Å². The highest BCUT2D eigenvalue weighted by Gasteiger charge is 2.52. The van der Waals surface area contributed by atoms with Gasteiger partial charge in [-0.15, -0.1) is 0 Å². The van der Waals surface area contributed by atoms with Crippen LogP contribution in [-0.2, 0) is 17.6 Å². The Hall–Kier alpha value is -2.63. The average molecular weight is 702 g/mol. The van der Waals surface area contributed by atoms with Crippen molar-refractivity contribution in [3.05, 3.63) is 80.3 Å². The van der Waals surface area contributed by atoms with E-state index < -0.39 is 0 Å². The van der Waals surface area contributed by atoms with E-state index in [1.165, 1.54) is 77.0 Å². The van der Waals surface area contributed by atoms with Gasteiger partial charge in [-0.25, -0.2) is 0 Å². The molecule has 0 radical (unpaired) electrons. The van der Waals surface area contributed by atoms with E-state index in [-0.39, 0.29) is 22.6 Å². The van der Waals surface area contributed by atoms with Gasteiger partial charge in [0.2, 0.25) is 0 Å². The Kier molecular flexibility index (Phi) is 9.23. The largest absolute Gasteiger partial charge is 0.351 e. The quantitative estimate of drug-likeness (QED) is 0.171. The number of amides is 2. The van der Waals surface area contributed by atoms with Crippen molar-refractivity contribution >= 4 is 41.3 Å². The molecule has 5 nitrogen and oxygen atoms in total. The molecule has 8 saturated carbocycles. The van der Waals surface area contributed by atoms with Crippen molar-refractivity contribution in [3.63, 3.8) is 0 Å². The Morgan fingerprint density at radius 1 is 0.653 bits per heavy atom. The van der Waals surface area contributed by atoms with E-state index in [9.17, 15) is 14.4 Å². The molecule has 0 heterocycles. The summed E-state index contributed by atoms with van der Waals surface area (Å²) in [7, 11) is 0. The fourth-order valence-electron chi connectivity index (χ4n) is 12.3. The Bertz CT molecular complexity index is 1590. The Balaban J connectivity index is 0.857. The van der Waals surface area contributed by atoms with Crippen LogP contribution in [0, 0.1) is 46.3 Å². The molecule has 0 spiro atoms. The minimum Gasteiger partial charge on any atom is -0.351 e. The maximum absolute atomic E-state index is 13.4. The zero-order valence-electron chi connectivity index (χ0n) is 28.6. The van der Waals surface area contributed by atoms with Gasteiger partial charge in [0.25, 0.3) is 11.8 Å². The molecule has 7 heteroatoms. The lowest BCUT2D eigenvalue weighted by molar-refractivity contribution is -0.105. The first-order valence-corrected chi connectivity index (χ1v) is 19.7. The minimum atomic E-state index is -0.125. The van der Waals surface area contributed by atoms with Crippen LogP contribution in [0.25, 0.3) is 0 Å². The van der Waals surface area contributed by atoms with Crippen molar-refractivity contribution in [1.82, 2.24) is 10.6 Å². The molecule has 8 aliphatic carbocycles. The summed E-state index contributed by atoms with van der Waals surface area (Å²) < 4.78 is 0. The summed E-state index contributed by atoms with van der Waals surface area (Å²) in [6.45, 7) is 1.48. The molecule has 2 N–H and O–H groups in total. The number of carbonyl (C=O) groups excluding carboxylic acids is 3. The maximum atomic E-state index is 13.4. The summed E-state index contributed by atoms with van der Waals surface area (Å²) >= 11 is 13.0. The molecular weight excluding hydrogens is 651 g/mol. The monoisotopic (exact) mass is 700 g/mol.